The van der Waals surface area contributed by atoms with Crippen LogP contribution in [-0.4, -0.2) is 21.3 Å². The molecule has 0 bridgehead atoms. The van der Waals surface area contributed by atoms with Gasteiger partial charge in [0, 0.05) is 18.7 Å². The molecule has 0 saturated heterocycles. The summed E-state index contributed by atoms with van der Waals surface area (Å²) in [6.07, 6.45) is 0. The average molecular weight is 213 g/mol. The van der Waals surface area contributed by atoms with Crippen molar-refractivity contribution in [3.8, 4) is 11.4 Å². The van der Waals surface area contributed by atoms with Crippen molar-refractivity contribution in [2.45, 2.75) is 20.0 Å². The monoisotopic (exact) mass is 213 g/mol. The molecule has 0 aliphatic carbocycles. The van der Waals surface area contributed by atoms with Gasteiger partial charge in [0.25, 0.3) is 0 Å². The number of nitrogens with zero attached hydrogens (tertiary/aromatic N) is 4. The fourth-order valence-corrected chi connectivity index (χ4v) is 2.03. The minimum atomic E-state index is 0.693. The molecular formula is C12H13N4. The van der Waals surface area contributed by atoms with Crippen molar-refractivity contribution in [3.63, 3.8) is 0 Å². The predicted octanol–water partition coefficient (Wildman–Crippen LogP) is 1.37. The number of benzene rings is 1. The highest BCUT2D eigenvalue weighted by molar-refractivity contribution is 5.56. The molecule has 0 atom stereocenters. The zero-order valence-corrected chi connectivity index (χ0v) is 9.22. The van der Waals surface area contributed by atoms with Crippen molar-refractivity contribution in [3.05, 3.63) is 35.7 Å². The molecule has 1 aliphatic rings. The zero-order chi connectivity index (χ0) is 11.0. The predicted molar refractivity (Wildman–Crippen MR) is 60.9 cm³/mol. The van der Waals surface area contributed by atoms with Crippen molar-refractivity contribution in [1.82, 2.24) is 20.1 Å². The minimum Gasteiger partial charge on any atom is -0.309 e. The van der Waals surface area contributed by atoms with Gasteiger partial charge < -0.3 is 4.57 Å². The van der Waals surface area contributed by atoms with E-state index in [-0.39, 0.29) is 0 Å². The molecule has 1 aromatic heterocycles. The van der Waals surface area contributed by atoms with Crippen LogP contribution in [0.3, 0.4) is 0 Å². The SMILES string of the molecule is Cc1cccc(-c2nnc3n2CC[N]C3)c1. The third-order valence-corrected chi connectivity index (χ3v) is 2.84. The Morgan fingerprint density at radius 2 is 2.19 bits per heavy atom. The largest absolute Gasteiger partial charge is 0.309 e. The fraction of sp³-hybridized carbons (Fsp3) is 0.333. The normalized spacial score (nSPS) is 14.8. The molecule has 0 N–H and O–H groups in total. The van der Waals surface area contributed by atoms with Crippen LogP contribution in [-0.2, 0) is 13.1 Å². The van der Waals surface area contributed by atoms with Gasteiger partial charge in [-0.05, 0) is 13.0 Å². The second-order valence-electron chi connectivity index (χ2n) is 4.07. The molecule has 4 nitrogen and oxygen atoms in total. The van der Waals surface area contributed by atoms with Gasteiger partial charge in [-0.3, -0.25) is 0 Å². The van der Waals surface area contributed by atoms with E-state index in [1.165, 1.54) is 5.56 Å². The third kappa shape index (κ3) is 1.51. The molecule has 0 saturated carbocycles. The second kappa shape index (κ2) is 3.72. The van der Waals surface area contributed by atoms with E-state index in [2.05, 4.69) is 51.3 Å². The Bertz CT molecular complexity index is 515. The zero-order valence-electron chi connectivity index (χ0n) is 9.22. The smallest absolute Gasteiger partial charge is 0.164 e. The first-order chi connectivity index (χ1) is 7.84. The number of aromatic nitrogens is 3. The molecule has 81 valence electrons. The second-order valence-corrected chi connectivity index (χ2v) is 4.07. The number of hydrogen-bond donors (Lipinski definition) is 0. The van der Waals surface area contributed by atoms with E-state index in [9.17, 15) is 0 Å². The first-order valence-electron chi connectivity index (χ1n) is 5.47. The first kappa shape index (κ1) is 9.54. The molecule has 0 fully saturated rings. The van der Waals surface area contributed by atoms with Crippen LogP contribution in [0, 0.1) is 6.92 Å². The Morgan fingerprint density at radius 1 is 1.25 bits per heavy atom. The topological polar surface area (TPSA) is 44.8 Å². The van der Waals surface area contributed by atoms with Crippen molar-refractivity contribution in [2.75, 3.05) is 6.54 Å². The van der Waals surface area contributed by atoms with Crippen LogP contribution < -0.4 is 5.32 Å². The van der Waals surface area contributed by atoms with Crippen LogP contribution in [0.25, 0.3) is 11.4 Å². The van der Waals surface area contributed by atoms with E-state index < -0.39 is 0 Å². The highest BCUT2D eigenvalue weighted by Gasteiger charge is 2.16. The summed E-state index contributed by atoms with van der Waals surface area (Å²) in [5.41, 5.74) is 2.39. The number of fused-ring (bicyclic) bond motifs is 1. The lowest BCUT2D eigenvalue weighted by molar-refractivity contribution is 0.500. The molecule has 16 heavy (non-hydrogen) atoms. The van der Waals surface area contributed by atoms with Crippen molar-refractivity contribution in [2.24, 2.45) is 0 Å². The van der Waals surface area contributed by atoms with Crippen molar-refractivity contribution < 1.29 is 0 Å². The molecule has 1 aromatic carbocycles. The van der Waals surface area contributed by atoms with Crippen molar-refractivity contribution in [1.29, 1.82) is 0 Å². The highest BCUT2D eigenvalue weighted by atomic mass is 15.3. The van der Waals surface area contributed by atoms with Gasteiger partial charge in [0.1, 0.15) is 5.82 Å². The van der Waals surface area contributed by atoms with E-state index in [1.54, 1.807) is 0 Å². The molecular weight excluding hydrogens is 200 g/mol. The summed E-state index contributed by atoms with van der Waals surface area (Å²) in [6.45, 7) is 4.54. The van der Waals surface area contributed by atoms with E-state index in [4.69, 9.17) is 0 Å². The summed E-state index contributed by atoms with van der Waals surface area (Å²) in [5, 5.41) is 12.8. The number of hydrogen-bond acceptors (Lipinski definition) is 2. The van der Waals surface area contributed by atoms with Crippen LogP contribution in [0.2, 0.25) is 0 Å². The van der Waals surface area contributed by atoms with Gasteiger partial charge in [0.05, 0.1) is 6.54 Å². The van der Waals surface area contributed by atoms with Crippen LogP contribution in [0.1, 0.15) is 11.4 Å². The van der Waals surface area contributed by atoms with Gasteiger partial charge in [0.15, 0.2) is 5.82 Å². The van der Waals surface area contributed by atoms with Crippen LogP contribution in [0.15, 0.2) is 24.3 Å². The summed E-state index contributed by atoms with van der Waals surface area (Å²) < 4.78 is 2.17. The molecule has 2 heterocycles. The molecule has 1 radical (unpaired) electrons. The molecule has 1 aliphatic heterocycles. The lowest BCUT2D eigenvalue weighted by atomic mass is 10.1. The van der Waals surface area contributed by atoms with Crippen LogP contribution in [0.5, 0.6) is 0 Å². The summed E-state index contributed by atoms with van der Waals surface area (Å²) in [5.74, 6) is 1.94. The van der Waals surface area contributed by atoms with Gasteiger partial charge >= 0.3 is 0 Å². The Morgan fingerprint density at radius 3 is 3.06 bits per heavy atom. The van der Waals surface area contributed by atoms with Crippen molar-refractivity contribution >= 4 is 0 Å². The summed E-state index contributed by atoms with van der Waals surface area (Å²) in [4.78, 5) is 0. The molecule has 0 spiro atoms. The number of rotatable bonds is 1. The summed E-state index contributed by atoms with van der Waals surface area (Å²) >= 11 is 0. The molecule has 2 aromatic rings. The molecule has 0 amide bonds. The fourth-order valence-electron chi connectivity index (χ4n) is 2.03. The Balaban J connectivity index is 2.09. The van der Waals surface area contributed by atoms with Gasteiger partial charge in [0.2, 0.25) is 0 Å². The van der Waals surface area contributed by atoms with Crippen LogP contribution >= 0.6 is 0 Å². The lowest BCUT2D eigenvalue weighted by Crippen LogP contribution is -2.23. The maximum absolute atomic E-state index is 4.32. The Labute approximate surface area is 94.3 Å². The van der Waals surface area contributed by atoms with Gasteiger partial charge in [-0.25, -0.2) is 5.32 Å². The standard InChI is InChI=1S/C12H13N4/c1-9-3-2-4-10(7-9)12-15-14-11-8-13-5-6-16(11)12/h2-4,7H,5-6,8H2,1H3. The van der Waals surface area contributed by atoms with Gasteiger partial charge in [-0.2, -0.15) is 0 Å². The number of aryl methyl sites for hydroxylation is 1. The van der Waals surface area contributed by atoms with Crippen LogP contribution in [0.4, 0.5) is 0 Å². The maximum atomic E-state index is 4.32. The minimum absolute atomic E-state index is 0.693. The maximum Gasteiger partial charge on any atom is 0.164 e. The first-order valence-corrected chi connectivity index (χ1v) is 5.47. The molecule has 3 rings (SSSR count). The summed E-state index contributed by atoms with van der Waals surface area (Å²) in [6, 6.07) is 8.37. The molecule has 4 heteroatoms. The quantitative estimate of drug-likeness (QED) is 0.718. The Kier molecular flexibility index (Phi) is 2.22. The third-order valence-electron chi connectivity index (χ3n) is 2.84. The average Bonchev–Trinajstić information content (AvgIpc) is 2.72. The highest BCUT2D eigenvalue weighted by Crippen LogP contribution is 2.20. The van der Waals surface area contributed by atoms with Gasteiger partial charge in [-0.15, -0.1) is 10.2 Å². The van der Waals surface area contributed by atoms with E-state index in [0.29, 0.717) is 6.54 Å². The molecule has 0 unspecified atom stereocenters. The van der Waals surface area contributed by atoms with E-state index in [1.807, 2.05) is 0 Å². The summed E-state index contributed by atoms with van der Waals surface area (Å²) in [7, 11) is 0. The van der Waals surface area contributed by atoms with Gasteiger partial charge in [-0.1, -0.05) is 23.8 Å². The van der Waals surface area contributed by atoms with E-state index >= 15 is 0 Å². The lowest BCUT2D eigenvalue weighted by Gasteiger charge is -2.14. The Hall–Kier alpha value is -1.68. The van der Waals surface area contributed by atoms with E-state index in [0.717, 1.165) is 30.3 Å².